The molecule has 0 saturated heterocycles. The first-order valence-electron chi connectivity index (χ1n) is 17.9. The van der Waals surface area contributed by atoms with E-state index in [9.17, 15) is 0 Å². The van der Waals surface area contributed by atoms with E-state index in [1.807, 2.05) is 6.20 Å². The molecule has 0 fully saturated rings. The molecule has 0 amide bonds. The van der Waals surface area contributed by atoms with Crippen LogP contribution >= 0.6 is 0 Å². The zero-order valence-electron chi connectivity index (χ0n) is 31.4. The Hall–Kier alpha value is -3.23. The van der Waals surface area contributed by atoms with E-state index in [4.69, 9.17) is 14.7 Å². The zero-order valence-corrected chi connectivity index (χ0v) is 33.6. The van der Waals surface area contributed by atoms with Crippen molar-refractivity contribution in [2.45, 2.75) is 118 Å². The number of aryl methyl sites for hydroxylation is 2. The van der Waals surface area contributed by atoms with Crippen molar-refractivity contribution < 1.29 is 25.8 Å². The Kier molecular flexibility index (Phi) is 10.4. The van der Waals surface area contributed by atoms with Gasteiger partial charge in [-0.05, 0) is 83.4 Å². The van der Waals surface area contributed by atoms with Crippen molar-refractivity contribution in [2.24, 2.45) is 10.9 Å². The molecule has 2 aromatic heterocycles. The Balaban J connectivity index is 0.00000468. The molecule has 5 aromatic rings. The molecule has 0 radical (unpaired) electrons. The number of benzene rings is 3. The van der Waals surface area contributed by atoms with Crippen LogP contribution in [0.4, 0.5) is 0 Å². The van der Waals surface area contributed by atoms with Crippen molar-refractivity contribution in [3.63, 3.8) is 0 Å². The molecule has 0 aliphatic carbocycles. The third-order valence-corrected chi connectivity index (χ3v) is 10.2. The van der Waals surface area contributed by atoms with Crippen LogP contribution in [0.1, 0.15) is 116 Å². The van der Waals surface area contributed by atoms with Gasteiger partial charge in [0, 0.05) is 11.7 Å². The maximum atomic E-state index is 6.48. The van der Waals surface area contributed by atoms with E-state index in [1.165, 1.54) is 27.5 Å². The summed E-state index contributed by atoms with van der Waals surface area (Å²) in [4.78, 5) is 10.2. The molecule has 3 heterocycles. The van der Waals surface area contributed by atoms with Crippen LogP contribution in [-0.2, 0) is 36.6 Å². The Bertz CT molecular complexity index is 2020. The number of pyridine rings is 1. The van der Waals surface area contributed by atoms with Gasteiger partial charge >= 0.3 is 21.1 Å². The number of hydrogen-bond donors (Lipinski definition) is 0. The van der Waals surface area contributed by atoms with Gasteiger partial charge in [0.15, 0.2) is 0 Å². The van der Waals surface area contributed by atoms with Crippen molar-refractivity contribution in [3.8, 4) is 16.9 Å². The molecule has 1 aliphatic rings. The van der Waals surface area contributed by atoms with Gasteiger partial charge in [-0.1, -0.05) is 110 Å². The molecular weight excluding hydrogens is 782 g/mol. The summed E-state index contributed by atoms with van der Waals surface area (Å²) in [5, 5.41) is 2.40. The van der Waals surface area contributed by atoms with Crippen LogP contribution in [0.25, 0.3) is 38.8 Å². The van der Waals surface area contributed by atoms with Crippen molar-refractivity contribution in [3.05, 3.63) is 94.7 Å². The Labute approximate surface area is 309 Å². The number of hydrogen-bond acceptors (Lipinski definition) is 3. The molecule has 260 valence electrons. The van der Waals surface area contributed by atoms with E-state index in [-0.39, 0.29) is 37.4 Å². The van der Waals surface area contributed by atoms with E-state index in [2.05, 4.69) is 141 Å². The molecule has 0 bridgehead atoms. The van der Waals surface area contributed by atoms with Gasteiger partial charge in [-0.3, -0.25) is 4.99 Å². The number of ether oxygens (including phenoxy) is 1. The third kappa shape index (κ3) is 7.18. The van der Waals surface area contributed by atoms with Crippen LogP contribution in [0.5, 0.6) is 0 Å². The zero-order chi connectivity index (χ0) is 34.6. The molecule has 0 spiro atoms. The molecule has 1 atom stereocenters. The minimum absolute atomic E-state index is 0. The predicted molar refractivity (Wildman–Crippen MR) is 203 cm³/mol. The SMILES string of the molecule is CCCC(CCC)[C@]1(C)COC(c2[c-]c(-n3c4[c-]c(-c5cc(C(C)(C)C)ccn5)c(C)cc4c4cc(C)ccc43)cc(C(C)(C)C)c2)=N1.[Pt+2]. The number of fused-ring (bicyclic) bond motifs is 3. The first kappa shape index (κ1) is 37.0. The molecule has 0 saturated carbocycles. The van der Waals surface area contributed by atoms with E-state index >= 15 is 0 Å². The van der Waals surface area contributed by atoms with E-state index < -0.39 is 0 Å². The summed E-state index contributed by atoms with van der Waals surface area (Å²) in [6.07, 6.45) is 6.56. The van der Waals surface area contributed by atoms with Crippen molar-refractivity contribution in [1.29, 1.82) is 0 Å². The maximum Gasteiger partial charge on any atom is 2.00 e. The quantitative estimate of drug-likeness (QED) is 0.146. The normalized spacial score (nSPS) is 16.7. The maximum absolute atomic E-state index is 6.48. The second-order valence-electron chi connectivity index (χ2n) is 16.4. The molecule has 5 heteroatoms. The summed E-state index contributed by atoms with van der Waals surface area (Å²) >= 11 is 0. The monoisotopic (exact) mass is 834 g/mol. The average molecular weight is 835 g/mol. The van der Waals surface area contributed by atoms with Crippen LogP contribution in [0.15, 0.2) is 59.7 Å². The first-order valence-corrected chi connectivity index (χ1v) is 17.9. The first-order chi connectivity index (χ1) is 22.6. The van der Waals surface area contributed by atoms with E-state index in [0.717, 1.165) is 64.8 Å². The summed E-state index contributed by atoms with van der Waals surface area (Å²) in [5.74, 6) is 1.21. The number of rotatable bonds is 8. The largest absolute Gasteiger partial charge is 2.00 e. The molecular formula is C44H53N3OPt. The molecule has 1 aliphatic heterocycles. The standard InChI is InChI=1S/C44H53N3O.Pt/c1-12-14-31(15-13-2)44(11)27-48-41(46-44)30-22-33(43(8,9)10)24-34(23-30)47-39-17-16-28(3)20-36(39)37-21-29(4)35(26-40(37)47)38-25-32(18-19-45-38)42(5,6)7;/h16-22,24-25,31H,12-15,27H2,1-11H3;/q-2;+2/t44-;/m0./s1. The van der Waals surface area contributed by atoms with E-state index in [1.54, 1.807) is 0 Å². The Morgan fingerprint density at radius 3 is 2.20 bits per heavy atom. The molecule has 6 rings (SSSR count). The summed E-state index contributed by atoms with van der Waals surface area (Å²) < 4.78 is 8.82. The smallest absolute Gasteiger partial charge is 0.518 e. The molecule has 4 nitrogen and oxygen atoms in total. The van der Waals surface area contributed by atoms with Crippen LogP contribution in [0, 0.1) is 31.9 Å². The van der Waals surface area contributed by atoms with Crippen LogP contribution in [-0.4, -0.2) is 27.6 Å². The van der Waals surface area contributed by atoms with Crippen molar-refractivity contribution in [2.75, 3.05) is 6.61 Å². The average Bonchev–Trinajstić information content (AvgIpc) is 3.58. The van der Waals surface area contributed by atoms with Gasteiger partial charge in [0.05, 0.1) is 5.54 Å². The second kappa shape index (κ2) is 13.8. The fourth-order valence-corrected chi connectivity index (χ4v) is 7.30. The minimum Gasteiger partial charge on any atom is -0.518 e. The predicted octanol–water partition coefficient (Wildman–Crippen LogP) is 11.4. The summed E-state index contributed by atoms with van der Waals surface area (Å²) in [5.41, 5.74) is 10.6. The van der Waals surface area contributed by atoms with Crippen LogP contribution in [0.2, 0.25) is 0 Å². The van der Waals surface area contributed by atoms with Crippen LogP contribution < -0.4 is 0 Å². The van der Waals surface area contributed by atoms with Crippen molar-refractivity contribution in [1.82, 2.24) is 9.55 Å². The molecule has 0 unspecified atom stereocenters. The van der Waals surface area contributed by atoms with Gasteiger partial charge in [0.1, 0.15) is 12.5 Å². The van der Waals surface area contributed by atoms with Gasteiger partial charge in [0.25, 0.3) is 0 Å². The Morgan fingerprint density at radius 2 is 1.55 bits per heavy atom. The fourth-order valence-electron chi connectivity index (χ4n) is 7.30. The topological polar surface area (TPSA) is 39.4 Å². The third-order valence-electron chi connectivity index (χ3n) is 10.2. The number of nitrogens with zero attached hydrogens (tertiary/aromatic N) is 3. The molecule has 3 aromatic carbocycles. The minimum atomic E-state index is -0.230. The van der Waals surface area contributed by atoms with E-state index in [0.29, 0.717) is 18.4 Å². The fraction of sp³-hybridized carbons (Fsp3) is 0.455. The second-order valence-corrected chi connectivity index (χ2v) is 16.4. The van der Waals surface area contributed by atoms with Gasteiger partial charge in [-0.15, -0.1) is 47.0 Å². The van der Waals surface area contributed by atoms with Gasteiger partial charge in [0.2, 0.25) is 0 Å². The number of aliphatic imine (C=N–C) groups is 1. The molecule has 0 N–H and O–H groups in total. The summed E-state index contributed by atoms with van der Waals surface area (Å²) in [6.45, 7) is 25.3. The van der Waals surface area contributed by atoms with Gasteiger partial charge < -0.3 is 14.3 Å². The number of aromatic nitrogens is 2. The van der Waals surface area contributed by atoms with Crippen molar-refractivity contribution >= 4 is 27.7 Å². The Morgan fingerprint density at radius 1 is 0.857 bits per heavy atom. The van der Waals surface area contributed by atoms with Crippen LogP contribution in [0.3, 0.4) is 0 Å². The molecule has 49 heavy (non-hydrogen) atoms. The summed E-state index contributed by atoms with van der Waals surface area (Å²) in [7, 11) is 0. The summed E-state index contributed by atoms with van der Waals surface area (Å²) in [6, 6.07) is 25.6. The van der Waals surface area contributed by atoms with Gasteiger partial charge in [-0.25, -0.2) is 0 Å². The van der Waals surface area contributed by atoms with Gasteiger partial charge in [-0.2, -0.15) is 0 Å².